The molecule has 0 heterocycles. The third-order valence-electron chi connectivity index (χ3n) is 3.25. The summed E-state index contributed by atoms with van der Waals surface area (Å²) in [6.07, 6.45) is 1.38. The highest BCUT2D eigenvalue weighted by molar-refractivity contribution is 9.10. The number of benzene rings is 2. The van der Waals surface area contributed by atoms with Crippen molar-refractivity contribution in [1.82, 2.24) is 0 Å². The van der Waals surface area contributed by atoms with E-state index in [0.29, 0.717) is 11.3 Å². The standard InChI is InChI=1S/C15H12BrClN2O3/c1-8-12(7-18-11-5-3-10(16)4-6-11)15(20)14(19(21)22)9(2)13(8)17/h3-7,20H,1-2H3. The lowest BCUT2D eigenvalue weighted by atomic mass is 10.0. The first-order valence-electron chi connectivity index (χ1n) is 6.28. The first-order chi connectivity index (χ1) is 10.3. The summed E-state index contributed by atoms with van der Waals surface area (Å²) in [6, 6.07) is 7.20. The van der Waals surface area contributed by atoms with Crippen molar-refractivity contribution in [2.45, 2.75) is 13.8 Å². The second-order valence-corrected chi connectivity index (χ2v) is 5.96. The predicted molar refractivity (Wildman–Crippen MR) is 90.6 cm³/mol. The van der Waals surface area contributed by atoms with Crippen molar-refractivity contribution >= 4 is 45.1 Å². The molecule has 0 atom stereocenters. The van der Waals surface area contributed by atoms with E-state index in [1.165, 1.54) is 13.1 Å². The summed E-state index contributed by atoms with van der Waals surface area (Å²) in [4.78, 5) is 14.7. The van der Waals surface area contributed by atoms with Crippen LogP contribution in [0.1, 0.15) is 16.7 Å². The second-order valence-electron chi connectivity index (χ2n) is 4.67. The fourth-order valence-electron chi connectivity index (χ4n) is 2.03. The molecule has 0 saturated heterocycles. The molecule has 1 N–H and O–H groups in total. The van der Waals surface area contributed by atoms with Crippen molar-refractivity contribution in [3.05, 3.63) is 60.6 Å². The summed E-state index contributed by atoms with van der Waals surface area (Å²) in [5.41, 5.74) is 1.28. The smallest absolute Gasteiger partial charge is 0.315 e. The van der Waals surface area contributed by atoms with E-state index < -0.39 is 16.4 Å². The molecule has 0 radical (unpaired) electrons. The Morgan fingerprint density at radius 3 is 2.41 bits per heavy atom. The molecular weight excluding hydrogens is 372 g/mol. The van der Waals surface area contributed by atoms with Gasteiger partial charge in [-0.05, 0) is 43.7 Å². The van der Waals surface area contributed by atoms with Crippen LogP contribution in [-0.2, 0) is 0 Å². The fourth-order valence-corrected chi connectivity index (χ4v) is 2.49. The van der Waals surface area contributed by atoms with Crippen LogP contribution in [-0.4, -0.2) is 16.2 Å². The highest BCUT2D eigenvalue weighted by Gasteiger charge is 2.25. The minimum atomic E-state index is -0.646. The van der Waals surface area contributed by atoms with Crippen LogP contribution in [0.15, 0.2) is 33.7 Å². The quantitative estimate of drug-likeness (QED) is 0.456. The number of nitrogens with zero attached hydrogens (tertiary/aromatic N) is 2. The number of aliphatic imine (C=N–C) groups is 1. The molecule has 2 aromatic carbocycles. The van der Waals surface area contributed by atoms with Gasteiger partial charge in [0, 0.05) is 21.8 Å². The molecule has 0 spiro atoms. The maximum Gasteiger partial charge on any atom is 0.315 e. The Morgan fingerprint density at radius 2 is 1.86 bits per heavy atom. The van der Waals surface area contributed by atoms with Crippen LogP contribution in [0.4, 0.5) is 11.4 Å². The van der Waals surface area contributed by atoms with Crippen LogP contribution in [0.3, 0.4) is 0 Å². The summed E-state index contributed by atoms with van der Waals surface area (Å²) in [5.74, 6) is -0.426. The number of rotatable bonds is 3. The molecule has 5 nitrogen and oxygen atoms in total. The van der Waals surface area contributed by atoms with Gasteiger partial charge in [-0.3, -0.25) is 15.1 Å². The van der Waals surface area contributed by atoms with E-state index in [2.05, 4.69) is 20.9 Å². The molecule has 0 unspecified atom stereocenters. The number of aromatic hydroxyl groups is 1. The molecular formula is C15H12BrClN2O3. The molecule has 2 aromatic rings. The topological polar surface area (TPSA) is 75.7 Å². The van der Waals surface area contributed by atoms with E-state index in [0.717, 1.165) is 4.47 Å². The molecule has 7 heteroatoms. The molecule has 0 bridgehead atoms. The average molecular weight is 384 g/mol. The third kappa shape index (κ3) is 3.13. The highest BCUT2D eigenvalue weighted by atomic mass is 79.9. The van der Waals surface area contributed by atoms with Gasteiger partial charge in [0.2, 0.25) is 5.75 Å². The Balaban J connectivity index is 2.55. The van der Waals surface area contributed by atoms with E-state index in [1.807, 2.05) is 12.1 Å². The summed E-state index contributed by atoms with van der Waals surface area (Å²) in [6.45, 7) is 3.19. The van der Waals surface area contributed by atoms with Gasteiger partial charge in [0.15, 0.2) is 0 Å². The van der Waals surface area contributed by atoms with Crippen LogP contribution in [0, 0.1) is 24.0 Å². The van der Waals surface area contributed by atoms with Gasteiger partial charge in [-0.15, -0.1) is 0 Å². The number of phenols is 1. The zero-order valence-electron chi connectivity index (χ0n) is 11.8. The average Bonchev–Trinajstić information content (AvgIpc) is 2.46. The number of halogens is 2. The largest absolute Gasteiger partial charge is 0.502 e. The SMILES string of the molecule is Cc1c(Cl)c(C)c([N+](=O)[O-])c(O)c1C=Nc1ccc(Br)cc1. The summed E-state index contributed by atoms with van der Waals surface area (Å²) < 4.78 is 0.916. The van der Waals surface area contributed by atoms with Crippen molar-refractivity contribution in [2.75, 3.05) is 0 Å². The maximum absolute atomic E-state index is 11.1. The normalized spacial score (nSPS) is 11.1. The van der Waals surface area contributed by atoms with Crippen LogP contribution >= 0.6 is 27.5 Å². The van der Waals surface area contributed by atoms with Gasteiger partial charge in [-0.25, -0.2) is 0 Å². The van der Waals surface area contributed by atoms with Crippen molar-refractivity contribution in [3.63, 3.8) is 0 Å². The highest BCUT2D eigenvalue weighted by Crippen LogP contribution is 2.40. The molecule has 0 fully saturated rings. The van der Waals surface area contributed by atoms with Crippen LogP contribution in [0.5, 0.6) is 5.75 Å². The van der Waals surface area contributed by atoms with Gasteiger partial charge >= 0.3 is 5.69 Å². The van der Waals surface area contributed by atoms with Crippen LogP contribution in [0.2, 0.25) is 5.02 Å². The Labute approximate surface area is 140 Å². The van der Waals surface area contributed by atoms with Crippen molar-refractivity contribution in [3.8, 4) is 5.75 Å². The molecule has 0 amide bonds. The molecule has 0 aliphatic heterocycles. The number of nitro benzene ring substituents is 1. The first kappa shape index (κ1) is 16.5. The Hall–Kier alpha value is -1.92. The number of hydrogen-bond acceptors (Lipinski definition) is 4. The number of phenolic OH excluding ortho intramolecular Hbond substituents is 1. The second kappa shape index (κ2) is 6.46. The van der Waals surface area contributed by atoms with Crippen molar-refractivity contribution in [2.24, 2.45) is 4.99 Å². The van der Waals surface area contributed by atoms with E-state index in [-0.39, 0.29) is 16.1 Å². The molecule has 2 rings (SSSR count). The van der Waals surface area contributed by atoms with Gasteiger partial charge in [-0.1, -0.05) is 27.5 Å². The van der Waals surface area contributed by atoms with Crippen LogP contribution < -0.4 is 0 Å². The Kier molecular flexibility index (Phi) is 4.83. The zero-order valence-corrected chi connectivity index (χ0v) is 14.1. The van der Waals surface area contributed by atoms with E-state index in [1.54, 1.807) is 19.1 Å². The minimum absolute atomic E-state index is 0.238. The maximum atomic E-state index is 11.1. The molecule has 0 aliphatic rings. The van der Waals surface area contributed by atoms with Gasteiger partial charge in [-0.2, -0.15) is 0 Å². The van der Waals surface area contributed by atoms with Gasteiger partial charge in [0.1, 0.15) is 0 Å². The van der Waals surface area contributed by atoms with Crippen molar-refractivity contribution in [1.29, 1.82) is 0 Å². The summed E-state index contributed by atoms with van der Waals surface area (Å²) in [5, 5.41) is 21.5. The van der Waals surface area contributed by atoms with Gasteiger partial charge in [0.25, 0.3) is 0 Å². The minimum Gasteiger partial charge on any atom is -0.502 e. The van der Waals surface area contributed by atoms with Crippen molar-refractivity contribution < 1.29 is 10.0 Å². The molecule has 0 aliphatic carbocycles. The lowest BCUT2D eigenvalue weighted by molar-refractivity contribution is -0.386. The number of nitro groups is 1. The Bertz CT molecular complexity index is 774. The zero-order chi connectivity index (χ0) is 16.4. The lowest BCUT2D eigenvalue weighted by Crippen LogP contribution is -1.99. The molecule has 0 aromatic heterocycles. The fraction of sp³-hybridized carbons (Fsp3) is 0.133. The first-order valence-corrected chi connectivity index (χ1v) is 7.45. The third-order valence-corrected chi connectivity index (χ3v) is 4.34. The monoisotopic (exact) mass is 382 g/mol. The lowest BCUT2D eigenvalue weighted by Gasteiger charge is -2.10. The summed E-state index contributed by atoms with van der Waals surface area (Å²) in [7, 11) is 0. The van der Waals surface area contributed by atoms with Gasteiger partial charge in [0.05, 0.1) is 15.6 Å². The van der Waals surface area contributed by atoms with E-state index in [9.17, 15) is 15.2 Å². The molecule has 0 saturated carbocycles. The summed E-state index contributed by atoms with van der Waals surface area (Å²) >= 11 is 9.45. The van der Waals surface area contributed by atoms with E-state index >= 15 is 0 Å². The van der Waals surface area contributed by atoms with E-state index in [4.69, 9.17) is 11.6 Å². The van der Waals surface area contributed by atoms with Crippen LogP contribution in [0.25, 0.3) is 0 Å². The number of hydrogen-bond donors (Lipinski definition) is 1. The predicted octanol–water partition coefficient (Wildman–Crippen LogP) is 5.08. The van der Waals surface area contributed by atoms with Gasteiger partial charge < -0.3 is 5.11 Å². The Morgan fingerprint density at radius 1 is 1.27 bits per heavy atom. The molecule has 22 heavy (non-hydrogen) atoms. The molecule has 114 valence electrons.